The fraction of sp³-hybridized carbons (Fsp3) is 0.316. The maximum atomic E-state index is 12.8. The second kappa shape index (κ2) is 6.21. The molecule has 1 amide bonds. The van der Waals surface area contributed by atoms with Crippen LogP contribution in [-0.2, 0) is 4.74 Å². The minimum absolute atomic E-state index is 0.0698. The summed E-state index contributed by atoms with van der Waals surface area (Å²) in [6, 6.07) is 5.10. The first kappa shape index (κ1) is 16.5. The third-order valence-electron chi connectivity index (χ3n) is 4.96. The van der Waals surface area contributed by atoms with Crippen LogP contribution in [0.3, 0.4) is 0 Å². The van der Waals surface area contributed by atoms with Gasteiger partial charge in [0, 0.05) is 38.0 Å². The summed E-state index contributed by atoms with van der Waals surface area (Å²) in [6.07, 6.45) is 4.52. The normalized spacial score (nSPS) is 21.2. The van der Waals surface area contributed by atoms with Crippen molar-refractivity contribution >= 4 is 28.6 Å². The van der Waals surface area contributed by atoms with Crippen molar-refractivity contribution in [2.45, 2.75) is 18.6 Å². The lowest BCUT2D eigenvalue weighted by Crippen LogP contribution is -2.58. The van der Waals surface area contributed by atoms with Crippen LogP contribution in [0.15, 0.2) is 35.0 Å². The summed E-state index contributed by atoms with van der Waals surface area (Å²) in [5, 5.41) is 0.475. The van der Waals surface area contributed by atoms with Crippen molar-refractivity contribution in [2.75, 3.05) is 20.2 Å². The molecule has 6 rings (SSSR count). The molecule has 3 aromatic heterocycles. The van der Waals surface area contributed by atoms with E-state index in [1.165, 1.54) is 7.11 Å². The molecule has 27 heavy (non-hydrogen) atoms. The molecule has 3 aromatic rings. The van der Waals surface area contributed by atoms with Gasteiger partial charge in [-0.3, -0.25) is 9.78 Å². The molecule has 2 bridgehead atoms. The van der Waals surface area contributed by atoms with E-state index in [-0.39, 0.29) is 18.1 Å². The molecule has 0 spiro atoms. The van der Waals surface area contributed by atoms with Crippen LogP contribution < -0.4 is 4.74 Å². The van der Waals surface area contributed by atoms with Crippen LogP contribution in [0.25, 0.3) is 22.6 Å². The van der Waals surface area contributed by atoms with E-state index in [0.29, 0.717) is 52.0 Å². The minimum Gasteiger partial charge on any atom is -0.494 e. The number of carbonyl (C=O) groups is 1. The van der Waals surface area contributed by atoms with Crippen LogP contribution in [0.2, 0.25) is 5.02 Å². The maximum Gasteiger partial charge on any atom is 0.255 e. The van der Waals surface area contributed by atoms with Crippen LogP contribution in [0, 0.1) is 0 Å². The maximum absolute atomic E-state index is 12.8. The Kier molecular flexibility index (Phi) is 3.80. The van der Waals surface area contributed by atoms with Gasteiger partial charge in [0.05, 0.1) is 29.9 Å². The van der Waals surface area contributed by atoms with Crippen molar-refractivity contribution in [1.82, 2.24) is 14.9 Å². The zero-order chi connectivity index (χ0) is 18.5. The third kappa shape index (κ3) is 2.74. The fourth-order valence-electron chi connectivity index (χ4n) is 3.63. The molecule has 7 nitrogen and oxygen atoms in total. The van der Waals surface area contributed by atoms with E-state index in [0.717, 1.165) is 6.42 Å². The van der Waals surface area contributed by atoms with E-state index < -0.39 is 0 Å². The van der Waals surface area contributed by atoms with E-state index >= 15 is 0 Å². The number of ether oxygens (including phenoxy) is 2. The zero-order valence-corrected chi connectivity index (χ0v) is 15.3. The first-order valence-corrected chi connectivity index (χ1v) is 9.03. The first-order chi connectivity index (χ1) is 13.1. The van der Waals surface area contributed by atoms with Crippen molar-refractivity contribution < 1.29 is 18.7 Å². The largest absolute Gasteiger partial charge is 0.494 e. The second-order valence-corrected chi connectivity index (χ2v) is 7.13. The van der Waals surface area contributed by atoms with Crippen molar-refractivity contribution in [3.05, 3.63) is 41.2 Å². The van der Waals surface area contributed by atoms with Gasteiger partial charge in [-0.2, -0.15) is 0 Å². The monoisotopic (exact) mass is 385 g/mol. The Hall–Kier alpha value is -2.64. The molecule has 0 saturated carbocycles. The number of rotatable bonds is 3. The molecule has 3 saturated heterocycles. The van der Waals surface area contributed by atoms with E-state index in [9.17, 15) is 4.79 Å². The molecular weight excluding hydrogens is 370 g/mol. The van der Waals surface area contributed by atoms with Gasteiger partial charge in [-0.1, -0.05) is 11.6 Å². The summed E-state index contributed by atoms with van der Waals surface area (Å²) in [4.78, 5) is 23.3. The summed E-state index contributed by atoms with van der Waals surface area (Å²) >= 11 is 6.15. The summed E-state index contributed by atoms with van der Waals surface area (Å²) in [6.45, 7) is 1.24. The Labute approximate surface area is 159 Å². The van der Waals surface area contributed by atoms with E-state index in [1.807, 2.05) is 4.90 Å². The number of fused-ring (bicyclic) bond motifs is 3. The lowest BCUT2D eigenvalue weighted by Gasteiger charge is -2.47. The SMILES string of the molecule is COc1cc(C(=O)N2CC3CC(C2)O3)cnc1-c1cc2nccc(Cl)c2o1. The van der Waals surface area contributed by atoms with Gasteiger partial charge in [-0.25, -0.2) is 4.98 Å². The average molecular weight is 386 g/mol. The van der Waals surface area contributed by atoms with E-state index in [2.05, 4.69) is 9.97 Å². The van der Waals surface area contributed by atoms with Gasteiger partial charge in [-0.05, 0) is 12.1 Å². The minimum atomic E-state index is -0.0698. The number of carbonyl (C=O) groups excluding carboxylic acids is 1. The Morgan fingerprint density at radius 1 is 1.30 bits per heavy atom. The van der Waals surface area contributed by atoms with Crippen LogP contribution in [-0.4, -0.2) is 53.2 Å². The molecule has 3 aliphatic heterocycles. The van der Waals surface area contributed by atoms with Crippen molar-refractivity contribution in [2.24, 2.45) is 0 Å². The molecule has 0 aromatic carbocycles. The molecule has 3 fully saturated rings. The van der Waals surface area contributed by atoms with Crippen LogP contribution >= 0.6 is 11.6 Å². The average Bonchev–Trinajstić information content (AvgIpc) is 3.12. The van der Waals surface area contributed by atoms with Crippen molar-refractivity contribution in [3.63, 3.8) is 0 Å². The smallest absolute Gasteiger partial charge is 0.255 e. The zero-order valence-electron chi connectivity index (χ0n) is 14.5. The summed E-state index contributed by atoms with van der Waals surface area (Å²) in [5.41, 5.74) is 2.09. The highest BCUT2D eigenvalue weighted by molar-refractivity contribution is 6.34. The van der Waals surface area contributed by atoms with Crippen LogP contribution in [0.1, 0.15) is 16.8 Å². The highest BCUT2D eigenvalue weighted by Gasteiger charge is 2.40. The number of furan rings is 1. The van der Waals surface area contributed by atoms with Gasteiger partial charge in [0.1, 0.15) is 17.0 Å². The van der Waals surface area contributed by atoms with Gasteiger partial charge < -0.3 is 18.8 Å². The number of morpholine rings is 1. The Bertz CT molecular complexity index is 1030. The van der Waals surface area contributed by atoms with E-state index in [4.69, 9.17) is 25.5 Å². The second-order valence-electron chi connectivity index (χ2n) is 6.72. The van der Waals surface area contributed by atoms with Crippen molar-refractivity contribution in [3.8, 4) is 17.2 Å². The number of halogens is 1. The Morgan fingerprint density at radius 2 is 2.07 bits per heavy atom. The molecule has 0 radical (unpaired) electrons. The van der Waals surface area contributed by atoms with Gasteiger partial charge in [-0.15, -0.1) is 0 Å². The number of methoxy groups -OCH3 is 1. The van der Waals surface area contributed by atoms with Crippen LogP contribution in [0.5, 0.6) is 5.75 Å². The summed E-state index contributed by atoms with van der Waals surface area (Å²) in [5.74, 6) is 0.864. The first-order valence-electron chi connectivity index (χ1n) is 8.65. The predicted octanol–water partition coefficient (Wildman–Crippen LogP) is 3.17. The predicted molar refractivity (Wildman–Crippen MR) is 98.0 cm³/mol. The molecule has 8 heteroatoms. The Morgan fingerprint density at radius 3 is 2.78 bits per heavy atom. The van der Waals surface area contributed by atoms with Gasteiger partial charge in [0.25, 0.3) is 5.91 Å². The number of hydrogen-bond donors (Lipinski definition) is 0. The molecule has 138 valence electrons. The lowest BCUT2D eigenvalue weighted by molar-refractivity contribution is -0.171. The van der Waals surface area contributed by atoms with Gasteiger partial charge in [0.2, 0.25) is 0 Å². The number of piperidine rings is 1. The molecule has 3 aliphatic rings. The molecule has 2 unspecified atom stereocenters. The van der Waals surface area contributed by atoms with Gasteiger partial charge in [0.15, 0.2) is 11.3 Å². The summed E-state index contributed by atoms with van der Waals surface area (Å²) < 4.78 is 16.9. The number of nitrogens with zero attached hydrogens (tertiary/aromatic N) is 3. The number of hydrogen-bond acceptors (Lipinski definition) is 6. The quantitative estimate of drug-likeness (QED) is 0.689. The van der Waals surface area contributed by atoms with Crippen LogP contribution in [0.4, 0.5) is 0 Å². The molecule has 0 N–H and O–H groups in total. The highest BCUT2D eigenvalue weighted by atomic mass is 35.5. The van der Waals surface area contributed by atoms with E-state index in [1.54, 1.807) is 30.6 Å². The third-order valence-corrected chi connectivity index (χ3v) is 5.26. The molecule has 6 heterocycles. The lowest BCUT2D eigenvalue weighted by atomic mass is 9.98. The molecule has 0 aliphatic carbocycles. The fourth-order valence-corrected chi connectivity index (χ4v) is 3.82. The van der Waals surface area contributed by atoms with Crippen molar-refractivity contribution in [1.29, 1.82) is 0 Å². The topological polar surface area (TPSA) is 77.7 Å². The number of aromatic nitrogens is 2. The standard InChI is InChI=1S/C19H16ClN3O4/c1-25-15-4-10(19(24)23-8-11-5-12(9-23)26-11)7-22-17(15)16-6-14-18(27-16)13(20)2-3-21-14/h2-4,6-7,11-12H,5,8-9H2,1H3. The Balaban J connectivity index is 1.48. The molecular formula is C19H16ClN3O4. The number of pyridine rings is 2. The highest BCUT2D eigenvalue weighted by Crippen LogP contribution is 2.35. The molecule has 2 atom stereocenters. The van der Waals surface area contributed by atoms with Gasteiger partial charge >= 0.3 is 0 Å². The summed E-state index contributed by atoms with van der Waals surface area (Å²) in [7, 11) is 1.53. The number of amides is 1.